The quantitative estimate of drug-likeness (QED) is 0.0124. The van der Waals surface area contributed by atoms with E-state index in [1.807, 2.05) is 27.7 Å². The molecule has 13 atom stereocenters. The van der Waals surface area contributed by atoms with E-state index < -0.39 is 141 Å². The molecule has 1 saturated heterocycles. The van der Waals surface area contributed by atoms with Crippen LogP contribution < -0.4 is 54.0 Å². The van der Waals surface area contributed by atoms with Gasteiger partial charge in [0.2, 0.25) is 35.4 Å². The Bertz CT molecular complexity index is 3910. The molecule has 3 aromatic rings. The molecular formula is C82H131N19O18. The number of nitrogens with zero attached hydrogens (tertiary/aromatic N) is 8. The van der Waals surface area contributed by atoms with Crippen LogP contribution in [0.1, 0.15) is 177 Å². The summed E-state index contributed by atoms with van der Waals surface area (Å²) in [4.78, 5) is 196. The Balaban J connectivity index is 0.000000858. The number of imidazole rings is 1. The van der Waals surface area contributed by atoms with Crippen LogP contribution in [-0.2, 0) is 76.8 Å². The molecule has 15 N–H and O–H groups in total. The van der Waals surface area contributed by atoms with Crippen LogP contribution in [0.5, 0.6) is 11.5 Å². The zero-order valence-electron chi connectivity index (χ0n) is 70.9. The van der Waals surface area contributed by atoms with Crippen molar-refractivity contribution in [1.29, 1.82) is 0 Å². The minimum atomic E-state index is -1.19. The maximum Gasteiger partial charge on any atom is 0.266 e. The Kier molecular flexibility index (Phi) is 46.0. The third-order valence-corrected chi connectivity index (χ3v) is 20.9. The van der Waals surface area contributed by atoms with E-state index in [2.05, 4.69) is 69.3 Å². The monoisotopic (exact) mass is 1670 g/mol. The van der Waals surface area contributed by atoms with Crippen molar-refractivity contribution in [2.45, 2.75) is 222 Å². The number of nitrogens with one attached hydrogen (secondary N) is 9. The fraction of sp³-hybridized carbons (Fsp3) is 0.622. The van der Waals surface area contributed by atoms with Gasteiger partial charge < -0.3 is 83.9 Å². The molecule has 6 amide bonds. The van der Waals surface area contributed by atoms with Gasteiger partial charge in [0.1, 0.15) is 33.5 Å². The number of Topliss-reactive ketones (excluding diaryl/α,β-unsaturated/α-hetero) is 6. The summed E-state index contributed by atoms with van der Waals surface area (Å²) in [5, 5.41) is 67.5. The number of aromatic nitrogens is 2. The maximum atomic E-state index is 14.7. The molecule has 0 radical (unpaired) electrons. The molecule has 2 aromatic carbocycles. The van der Waals surface area contributed by atoms with Gasteiger partial charge in [-0.3, -0.25) is 57.5 Å². The molecule has 37 heteroatoms. The lowest BCUT2D eigenvalue weighted by Crippen LogP contribution is -2.54. The first-order chi connectivity index (χ1) is 55.4. The van der Waals surface area contributed by atoms with Gasteiger partial charge in [-0.15, -0.1) is 0 Å². The number of benzene rings is 2. The summed E-state index contributed by atoms with van der Waals surface area (Å²) in [5.41, 5.74) is 13.4. The van der Waals surface area contributed by atoms with E-state index in [-0.39, 0.29) is 150 Å². The molecule has 37 nitrogen and oxygen atoms in total. The third kappa shape index (κ3) is 38.0. The van der Waals surface area contributed by atoms with E-state index in [1.54, 1.807) is 108 Å². The largest absolute Gasteiger partial charge is 0.508 e. The number of hydrazone groups is 2. The second kappa shape index (κ2) is 52.6. The first-order valence-electron chi connectivity index (χ1n) is 40.1. The predicted molar refractivity (Wildman–Crippen MR) is 450 cm³/mol. The van der Waals surface area contributed by atoms with Crippen LogP contribution in [-0.4, -0.2) is 230 Å². The van der Waals surface area contributed by atoms with E-state index in [1.165, 1.54) is 44.4 Å². The number of phenolic OH excluding ortho intramolecular Hbond substituents is 2. The van der Waals surface area contributed by atoms with Crippen LogP contribution in [0.4, 0.5) is 0 Å². The number of nitro groups is 2. The van der Waals surface area contributed by atoms with E-state index in [9.17, 15) is 88.0 Å². The van der Waals surface area contributed by atoms with Gasteiger partial charge in [0.05, 0.1) is 55.7 Å². The van der Waals surface area contributed by atoms with Gasteiger partial charge in [-0.05, 0) is 159 Å². The smallest absolute Gasteiger partial charge is 0.266 e. The summed E-state index contributed by atoms with van der Waals surface area (Å²) in [7, 11) is 6.78. The number of aromatic hydroxyl groups is 2. The van der Waals surface area contributed by atoms with Crippen molar-refractivity contribution in [2.75, 3.05) is 60.9 Å². The number of ketones is 6. The number of likely N-dealkylation sites (tertiary alicyclic amines) is 1. The van der Waals surface area contributed by atoms with Crippen LogP contribution in [0.2, 0.25) is 0 Å². The van der Waals surface area contributed by atoms with Gasteiger partial charge in [0, 0.05) is 93.0 Å². The fourth-order valence-electron chi connectivity index (χ4n) is 13.5. The lowest BCUT2D eigenvalue weighted by Gasteiger charge is -2.32. The van der Waals surface area contributed by atoms with Crippen molar-refractivity contribution in [1.82, 2.24) is 67.2 Å². The SMILES string of the molecule is C.C=C(N[C@H](C)C(C)=O)[C@@H]1CCCN1C(=O)[C@H](Cc1cnc[nH]1)NC(=O)[C@@H](CC(=O)[C@H](Cc1ccc(O)cc1)NC(=O)[C@@H](CC(=O)[C@H](CCCN/C(N)=N\[N+](=O)[O-])NC(=O)CN(C)C)C(C)C)C(C)CC.CCC(C)[C@H](CC(=O)[C@H](Cc1ccc(O)cc1)NC(=O)[C@@H](CC(=O)[C@H](CCCN/C(N)=N\[N+](=O)[O-])NC(=O)CN(C)C)C(C)C)C(C)=O. The molecule has 0 spiro atoms. The van der Waals surface area contributed by atoms with Crippen molar-refractivity contribution in [2.24, 2.45) is 69.0 Å². The highest BCUT2D eigenvalue weighted by Crippen LogP contribution is 2.29. The third-order valence-electron chi connectivity index (χ3n) is 20.9. The molecule has 0 saturated carbocycles. The lowest BCUT2D eigenvalue weighted by molar-refractivity contribution is -0.485. The van der Waals surface area contributed by atoms with Crippen molar-refractivity contribution in [3.8, 4) is 11.5 Å². The molecule has 1 aromatic heterocycles. The molecule has 2 unspecified atom stereocenters. The number of hydrogen-bond acceptors (Lipinski definition) is 22. The summed E-state index contributed by atoms with van der Waals surface area (Å²) in [5.74, 6) is -9.87. The summed E-state index contributed by atoms with van der Waals surface area (Å²) in [6, 6.07) is 6.19. The predicted octanol–water partition coefficient (Wildman–Crippen LogP) is 4.14. The zero-order valence-corrected chi connectivity index (χ0v) is 70.9. The Labute approximate surface area is 698 Å². The van der Waals surface area contributed by atoms with Gasteiger partial charge in [0.25, 0.3) is 11.9 Å². The van der Waals surface area contributed by atoms with Crippen LogP contribution in [0.15, 0.2) is 83.5 Å². The summed E-state index contributed by atoms with van der Waals surface area (Å²) >= 11 is 0. The first kappa shape index (κ1) is 104. The average molecular weight is 1670 g/mol. The standard InChI is InChI=1S/C48H74N12O10.C33H53N7O8.CH4/c1-10-29(4)37(46(67)56-40(22-34-25-50-27-52-34)47(68)59-20-12-14-41(59)31(6)53-30(5)32(7)61)24-43(64)39(21-33-15-17-35(62)18-16-33)55-45(66)36(28(2)3)23-42(63)38(54-44(65)26-58(8)9)13-11-19-51-48(49)57-60(69)70;1-8-21(4)26(22(5)41)18-30(44)28(16-23-11-13-24(42)14-12-23)37-32(46)25(20(2)3)17-29(43)27(36-31(45)19-39(6)7)10-9-15-35-33(34)38-40(47)48;/h15-18,25,27-30,36-41,53,62H,6,10-14,19-24,26H2,1-5,7-9H3,(H,50,52)(H,54,65)(H,55,66)(H,56,67)(H3,49,51,57);11-14,20-21,25-28,42H,8-10,15-19H2,1-7H3,(H,36,45)(H,37,46)(H3,34,35,38);1H4/t29?,30-,36+,37+,38+,39+,40+,41+;21?,25-,26-,27-,28-;/m10./s1. The molecular weight excluding hydrogens is 1540 g/mol. The molecule has 1 fully saturated rings. The number of rotatable bonds is 52. The molecule has 4 rings (SSSR count). The Morgan fingerprint density at radius 3 is 1.33 bits per heavy atom. The Hall–Kier alpha value is -11.1. The molecule has 119 heavy (non-hydrogen) atoms. The number of guanidine groups is 2. The number of carbonyl (C=O) groups is 12. The van der Waals surface area contributed by atoms with Crippen molar-refractivity contribution in [3.05, 3.63) is 110 Å². The minimum absolute atomic E-state index is 0. The fourth-order valence-corrected chi connectivity index (χ4v) is 13.5. The number of phenols is 2. The number of aromatic amines is 1. The second-order valence-electron chi connectivity index (χ2n) is 31.7. The van der Waals surface area contributed by atoms with Gasteiger partial charge in [-0.1, -0.05) is 107 Å². The molecule has 2 heterocycles. The summed E-state index contributed by atoms with van der Waals surface area (Å²) in [6.45, 7) is 24.0. The van der Waals surface area contributed by atoms with Crippen LogP contribution in [0, 0.1) is 67.6 Å². The highest BCUT2D eigenvalue weighted by atomic mass is 16.7. The van der Waals surface area contributed by atoms with Gasteiger partial charge >= 0.3 is 0 Å². The zero-order chi connectivity index (χ0) is 88.8. The second-order valence-corrected chi connectivity index (χ2v) is 31.7. The van der Waals surface area contributed by atoms with Crippen LogP contribution in [0.25, 0.3) is 0 Å². The molecule has 1 aliphatic rings. The van der Waals surface area contributed by atoms with Crippen LogP contribution in [0.3, 0.4) is 0 Å². The minimum Gasteiger partial charge on any atom is -0.508 e. The van der Waals surface area contributed by atoms with Gasteiger partial charge in [-0.2, -0.15) is 0 Å². The summed E-state index contributed by atoms with van der Waals surface area (Å²) < 4.78 is 0. The lowest BCUT2D eigenvalue weighted by atomic mass is 9.82. The van der Waals surface area contributed by atoms with E-state index in [0.29, 0.717) is 61.2 Å². The average Bonchev–Trinajstić information content (AvgIpc) is 0.880. The van der Waals surface area contributed by atoms with Crippen molar-refractivity contribution < 1.29 is 77.8 Å². The number of likely N-dealkylation sites (N-methyl/N-ethyl adjacent to an activating group) is 2. The number of nitrogens with two attached hydrogens (primary N) is 2. The highest BCUT2D eigenvalue weighted by Gasteiger charge is 2.41. The van der Waals surface area contributed by atoms with Crippen molar-refractivity contribution in [3.63, 3.8) is 0 Å². The van der Waals surface area contributed by atoms with Crippen LogP contribution >= 0.6 is 0 Å². The van der Waals surface area contributed by atoms with E-state index in [0.717, 1.165) is 0 Å². The molecule has 0 aliphatic carbocycles. The number of amides is 6. The Morgan fingerprint density at radius 1 is 0.571 bits per heavy atom. The molecule has 1 aliphatic heterocycles. The Morgan fingerprint density at radius 2 is 0.958 bits per heavy atom. The number of carbonyl (C=O) groups excluding carboxylic acids is 12. The van der Waals surface area contributed by atoms with E-state index in [4.69, 9.17) is 11.5 Å². The topological polar surface area (TPSA) is 543 Å². The number of H-pyrrole nitrogens is 1. The summed E-state index contributed by atoms with van der Waals surface area (Å²) in [6.07, 6.45) is 5.55. The number of hydrogen-bond donors (Lipinski definition) is 13. The van der Waals surface area contributed by atoms with Gasteiger partial charge in [-0.25, -0.2) is 25.2 Å². The molecule has 662 valence electrons. The van der Waals surface area contributed by atoms with Crippen molar-refractivity contribution >= 4 is 82.1 Å². The first-order valence-corrected chi connectivity index (χ1v) is 40.1. The molecule has 0 bridgehead atoms. The maximum absolute atomic E-state index is 14.7. The van der Waals surface area contributed by atoms with Gasteiger partial charge in [0.15, 0.2) is 39.0 Å². The van der Waals surface area contributed by atoms with E-state index >= 15 is 0 Å². The highest BCUT2D eigenvalue weighted by molar-refractivity contribution is 5.98. The normalized spacial score (nSPS) is 15.9.